The van der Waals surface area contributed by atoms with Gasteiger partial charge in [-0.15, -0.1) is 0 Å². The van der Waals surface area contributed by atoms with Crippen LogP contribution in [0.15, 0.2) is 23.8 Å². The molecule has 0 spiro atoms. The molecule has 0 saturated heterocycles. The lowest BCUT2D eigenvalue weighted by molar-refractivity contribution is -0.125. The van der Waals surface area contributed by atoms with Gasteiger partial charge in [0.05, 0.1) is 6.61 Å². The van der Waals surface area contributed by atoms with Crippen molar-refractivity contribution in [2.45, 2.75) is 58.3 Å². The van der Waals surface area contributed by atoms with Gasteiger partial charge in [-0.25, -0.2) is 0 Å². The first-order valence-corrected chi connectivity index (χ1v) is 10.5. The van der Waals surface area contributed by atoms with Gasteiger partial charge in [0.15, 0.2) is 0 Å². The van der Waals surface area contributed by atoms with Crippen LogP contribution >= 0.6 is 0 Å². The fraction of sp³-hybridized carbons (Fsp3) is 0.522. The normalized spacial score (nSPS) is 14.9. The van der Waals surface area contributed by atoms with Crippen LogP contribution in [0.1, 0.15) is 62.5 Å². The van der Waals surface area contributed by atoms with Crippen molar-refractivity contribution in [1.82, 2.24) is 10.6 Å². The molecule has 0 aliphatic heterocycles. The Morgan fingerprint density at radius 3 is 2.59 bits per heavy atom. The highest BCUT2D eigenvalue weighted by molar-refractivity contribution is 6.23. The van der Waals surface area contributed by atoms with E-state index in [0.717, 1.165) is 24.3 Å². The van der Waals surface area contributed by atoms with E-state index in [0.29, 0.717) is 17.9 Å². The van der Waals surface area contributed by atoms with E-state index in [4.69, 9.17) is 4.74 Å². The minimum Gasteiger partial charge on any atom is -0.493 e. The maximum absolute atomic E-state index is 12.1. The van der Waals surface area contributed by atoms with Crippen molar-refractivity contribution in [1.29, 1.82) is 0 Å². The molecule has 2 N–H and O–H groups in total. The molecule has 1 aliphatic carbocycles. The first-order valence-electron chi connectivity index (χ1n) is 10.5. The molecule has 0 aromatic heterocycles. The molecule has 3 amide bonds. The number of carbonyl (C=O) groups excluding carboxylic acids is 3. The largest absolute Gasteiger partial charge is 0.493 e. The Balaban J connectivity index is 2.02. The van der Waals surface area contributed by atoms with Crippen molar-refractivity contribution in [3.63, 3.8) is 0 Å². The molecule has 0 radical (unpaired) electrons. The van der Waals surface area contributed by atoms with E-state index in [1.807, 2.05) is 30.4 Å². The molecule has 1 aromatic rings. The number of imide groups is 1. The number of ether oxygens (including phenoxy) is 1. The second-order valence-electron chi connectivity index (χ2n) is 7.62. The maximum atomic E-state index is 12.1. The molecule has 0 atom stereocenters. The SMILES string of the molecule is CNC(=O)/C(=C/c1cc(C)ccc1OCCCCC1CCCCC1)C(=O)NC=O. The number of amides is 3. The summed E-state index contributed by atoms with van der Waals surface area (Å²) in [6, 6.07) is 5.63. The Morgan fingerprint density at radius 2 is 1.90 bits per heavy atom. The summed E-state index contributed by atoms with van der Waals surface area (Å²) in [4.78, 5) is 34.8. The molecular formula is C23H32N2O4. The molecule has 0 unspecified atom stereocenters. The van der Waals surface area contributed by atoms with Gasteiger partial charge in [-0.3, -0.25) is 19.7 Å². The number of nitrogens with one attached hydrogen (secondary N) is 2. The van der Waals surface area contributed by atoms with E-state index < -0.39 is 11.8 Å². The summed E-state index contributed by atoms with van der Waals surface area (Å²) in [5, 5.41) is 4.44. The second kappa shape index (κ2) is 12.0. The zero-order valence-electron chi connectivity index (χ0n) is 17.5. The zero-order valence-corrected chi connectivity index (χ0v) is 17.5. The second-order valence-corrected chi connectivity index (χ2v) is 7.62. The Kier molecular flexibility index (Phi) is 9.41. The van der Waals surface area contributed by atoms with Gasteiger partial charge in [0.25, 0.3) is 11.8 Å². The van der Waals surface area contributed by atoms with Crippen LogP contribution in [0.25, 0.3) is 6.08 Å². The van der Waals surface area contributed by atoms with Crippen molar-refractivity contribution in [3.05, 3.63) is 34.9 Å². The quantitative estimate of drug-likeness (QED) is 0.207. The summed E-state index contributed by atoms with van der Waals surface area (Å²) in [6.45, 7) is 2.52. The Hall–Kier alpha value is -2.63. The molecule has 1 fully saturated rings. The Labute approximate surface area is 173 Å². The lowest BCUT2D eigenvalue weighted by atomic mass is 9.86. The van der Waals surface area contributed by atoms with Crippen LogP contribution in [0.5, 0.6) is 5.75 Å². The topological polar surface area (TPSA) is 84.5 Å². The van der Waals surface area contributed by atoms with Gasteiger partial charge in [0.2, 0.25) is 6.41 Å². The van der Waals surface area contributed by atoms with Crippen molar-refractivity contribution >= 4 is 24.3 Å². The van der Waals surface area contributed by atoms with E-state index in [9.17, 15) is 14.4 Å². The van der Waals surface area contributed by atoms with Gasteiger partial charge < -0.3 is 10.1 Å². The van der Waals surface area contributed by atoms with Crippen molar-refractivity contribution in [3.8, 4) is 5.75 Å². The van der Waals surface area contributed by atoms with Gasteiger partial charge in [-0.1, -0.05) is 50.2 Å². The molecule has 0 heterocycles. The Morgan fingerprint density at radius 1 is 1.14 bits per heavy atom. The summed E-state index contributed by atoms with van der Waals surface area (Å²) >= 11 is 0. The van der Waals surface area contributed by atoms with Gasteiger partial charge in [0, 0.05) is 12.6 Å². The third-order valence-electron chi connectivity index (χ3n) is 5.36. The highest BCUT2D eigenvalue weighted by Gasteiger charge is 2.18. The number of carbonyl (C=O) groups is 3. The third-order valence-corrected chi connectivity index (χ3v) is 5.36. The molecule has 2 rings (SSSR count). The van der Waals surface area contributed by atoms with Crippen LogP contribution in [-0.2, 0) is 14.4 Å². The monoisotopic (exact) mass is 400 g/mol. The molecule has 6 heteroatoms. The number of unbranched alkanes of at least 4 members (excludes halogenated alkanes) is 1. The minimum absolute atomic E-state index is 0.146. The maximum Gasteiger partial charge on any atom is 0.263 e. The van der Waals surface area contributed by atoms with E-state index >= 15 is 0 Å². The van der Waals surface area contributed by atoms with Crippen LogP contribution in [0.4, 0.5) is 0 Å². The van der Waals surface area contributed by atoms with E-state index in [1.165, 1.54) is 51.6 Å². The van der Waals surface area contributed by atoms with Crippen molar-refractivity contribution in [2.24, 2.45) is 5.92 Å². The molecule has 158 valence electrons. The molecule has 1 aromatic carbocycles. The van der Waals surface area contributed by atoms with Gasteiger partial charge in [-0.05, 0) is 43.9 Å². The summed E-state index contributed by atoms with van der Waals surface area (Å²) in [5.74, 6) is 0.171. The fourth-order valence-corrected chi connectivity index (χ4v) is 3.76. The zero-order chi connectivity index (χ0) is 21.1. The number of hydrogen-bond acceptors (Lipinski definition) is 4. The molecule has 1 aliphatic rings. The van der Waals surface area contributed by atoms with Gasteiger partial charge in [0.1, 0.15) is 11.3 Å². The van der Waals surface area contributed by atoms with Crippen LogP contribution < -0.4 is 15.4 Å². The molecule has 1 saturated carbocycles. The van der Waals surface area contributed by atoms with Crippen molar-refractivity contribution < 1.29 is 19.1 Å². The summed E-state index contributed by atoms with van der Waals surface area (Å²) in [5.41, 5.74) is 1.47. The molecule has 0 bridgehead atoms. The lowest BCUT2D eigenvalue weighted by Crippen LogP contribution is -2.32. The highest BCUT2D eigenvalue weighted by Crippen LogP contribution is 2.28. The summed E-state index contributed by atoms with van der Waals surface area (Å²) in [7, 11) is 1.43. The highest BCUT2D eigenvalue weighted by atomic mass is 16.5. The average molecular weight is 401 g/mol. The number of rotatable bonds is 10. The number of likely N-dealkylation sites (N-methyl/N-ethyl adjacent to an activating group) is 1. The minimum atomic E-state index is -0.751. The molecule has 6 nitrogen and oxygen atoms in total. The number of benzene rings is 1. The Bertz CT molecular complexity index is 736. The smallest absolute Gasteiger partial charge is 0.263 e. The fourth-order valence-electron chi connectivity index (χ4n) is 3.76. The van der Waals surface area contributed by atoms with Gasteiger partial charge >= 0.3 is 0 Å². The molecular weight excluding hydrogens is 368 g/mol. The first-order chi connectivity index (χ1) is 14.0. The van der Waals surface area contributed by atoms with E-state index in [1.54, 1.807) is 0 Å². The first kappa shape index (κ1) is 22.7. The van der Waals surface area contributed by atoms with Crippen LogP contribution in [0.2, 0.25) is 0 Å². The van der Waals surface area contributed by atoms with E-state index in [2.05, 4.69) is 5.32 Å². The predicted octanol–water partition coefficient (Wildman–Crippen LogP) is 3.53. The van der Waals surface area contributed by atoms with Crippen LogP contribution in [-0.4, -0.2) is 31.9 Å². The van der Waals surface area contributed by atoms with Crippen LogP contribution in [0, 0.1) is 12.8 Å². The standard InChI is InChI=1S/C23H32N2O4/c1-17-11-12-21(29-13-7-6-10-18-8-4-3-5-9-18)19(14-17)15-20(22(27)24-2)23(28)25-16-26/h11-12,14-16,18H,3-10,13H2,1-2H3,(H,24,27)(H,25,26,28)/b20-15-. The number of aryl methyl sites for hydroxylation is 1. The lowest BCUT2D eigenvalue weighted by Gasteiger charge is -2.21. The summed E-state index contributed by atoms with van der Waals surface area (Å²) in [6.07, 6.45) is 11.9. The van der Waals surface area contributed by atoms with Gasteiger partial charge in [-0.2, -0.15) is 0 Å². The van der Waals surface area contributed by atoms with E-state index in [-0.39, 0.29) is 12.0 Å². The average Bonchev–Trinajstić information content (AvgIpc) is 2.73. The summed E-state index contributed by atoms with van der Waals surface area (Å²) < 4.78 is 5.96. The third kappa shape index (κ3) is 7.37. The van der Waals surface area contributed by atoms with Crippen molar-refractivity contribution in [2.75, 3.05) is 13.7 Å². The van der Waals surface area contributed by atoms with Crippen LogP contribution in [0.3, 0.4) is 0 Å². The molecule has 29 heavy (non-hydrogen) atoms. The predicted molar refractivity (Wildman–Crippen MR) is 113 cm³/mol. The number of hydrogen-bond donors (Lipinski definition) is 2.